The lowest BCUT2D eigenvalue weighted by molar-refractivity contribution is -0.117. The molecule has 0 saturated carbocycles. The number of phenols is 1. The first-order valence-corrected chi connectivity index (χ1v) is 5.43. The molecule has 0 aliphatic carbocycles. The van der Waals surface area contributed by atoms with E-state index in [2.05, 4.69) is 4.98 Å². The molecule has 17 heavy (non-hydrogen) atoms. The van der Waals surface area contributed by atoms with Crippen LogP contribution in [0.3, 0.4) is 0 Å². The zero-order chi connectivity index (χ0) is 12.1. The van der Waals surface area contributed by atoms with E-state index in [9.17, 15) is 9.90 Å². The molecule has 0 saturated heterocycles. The quantitative estimate of drug-likeness (QED) is 0.870. The maximum Gasteiger partial charge on any atom is 0.141 e. The maximum absolute atomic E-state index is 11.8. The zero-order valence-electron chi connectivity index (χ0n) is 9.34. The Balaban J connectivity index is 2.01. The van der Waals surface area contributed by atoms with Crippen LogP contribution in [0.4, 0.5) is 0 Å². The van der Waals surface area contributed by atoms with E-state index in [0.29, 0.717) is 12.0 Å². The van der Waals surface area contributed by atoms with Gasteiger partial charge >= 0.3 is 0 Å². The third-order valence-corrected chi connectivity index (χ3v) is 2.50. The van der Waals surface area contributed by atoms with Crippen molar-refractivity contribution in [3.8, 4) is 5.75 Å². The molecule has 1 N–H and O–H groups in total. The SMILES string of the molecule is O=C(Cc1cccnc1)Cc1ccccc1O. The summed E-state index contributed by atoms with van der Waals surface area (Å²) >= 11 is 0. The second-order valence-electron chi connectivity index (χ2n) is 3.88. The van der Waals surface area contributed by atoms with Crippen LogP contribution >= 0.6 is 0 Å². The number of benzene rings is 1. The lowest BCUT2D eigenvalue weighted by Crippen LogP contribution is -2.06. The van der Waals surface area contributed by atoms with Crippen LogP contribution in [0, 0.1) is 0 Å². The normalized spacial score (nSPS) is 10.1. The number of ketones is 1. The Labute approximate surface area is 99.8 Å². The summed E-state index contributed by atoms with van der Waals surface area (Å²) in [7, 11) is 0. The van der Waals surface area contributed by atoms with E-state index in [4.69, 9.17) is 0 Å². The first kappa shape index (κ1) is 11.3. The molecule has 3 heteroatoms. The molecule has 0 fully saturated rings. The Kier molecular flexibility index (Phi) is 3.50. The van der Waals surface area contributed by atoms with Crippen LogP contribution in [0.5, 0.6) is 5.75 Å². The molecule has 3 nitrogen and oxygen atoms in total. The second-order valence-corrected chi connectivity index (χ2v) is 3.88. The highest BCUT2D eigenvalue weighted by Gasteiger charge is 2.08. The van der Waals surface area contributed by atoms with Gasteiger partial charge in [0.15, 0.2) is 0 Å². The highest BCUT2D eigenvalue weighted by atomic mass is 16.3. The zero-order valence-corrected chi connectivity index (χ0v) is 9.34. The number of aromatic hydroxyl groups is 1. The lowest BCUT2D eigenvalue weighted by atomic mass is 10.0. The third kappa shape index (κ3) is 3.14. The van der Waals surface area contributed by atoms with Gasteiger partial charge in [0.1, 0.15) is 11.5 Å². The molecular formula is C14H13NO2. The Bertz CT molecular complexity index is 509. The summed E-state index contributed by atoms with van der Waals surface area (Å²) in [5.41, 5.74) is 1.56. The number of carbonyl (C=O) groups is 1. The summed E-state index contributed by atoms with van der Waals surface area (Å²) in [6.45, 7) is 0. The molecule has 0 atom stereocenters. The number of aromatic nitrogens is 1. The van der Waals surface area contributed by atoms with Crippen molar-refractivity contribution >= 4 is 5.78 Å². The molecule has 0 radical (unpaired) electrons. The molecular weight excluding hydrogens is 214 g/mol. The maximum atomic E-state index is 11.8. The number of pyridine rings is 1. The summed E-state index contributed by atoms with van der Waals surface area (Å²) < 4.78 is 0. The molecule has 0 aliphatic heterocycles. The number of hydrogen-bond donors (Lipinski definition) is 1. The predicted octanol–water partition coefficient (Wildman–Crippen LogP) is 2.14. The summed E-state index contributed by atoms with van der Waals surface area (Å²) in [6.07, 6.45) is 3.96. The largest absolute Gasteiger partial charge is 0.508 e. The van der Waals surface area contributed by atoms with Gasteiger partial charge in [-0.3, -0.25) is 9.78 Å². The number of Topliss-reactive ketones (excluding diaryl/α,β-unsaturated/α-hetero) is 1. The molecule has 86 valence electrons. The van der Waals surface area contributed by atoms with Crippen LogP contribution in [0.25, 0.3) is 0 Å². The van der Waals surface area contributed by atoms with Crippen LogP contribution in [0.2, 0.25) is 0 Å². The third-order valence-electron chi connectivity index (χ3n) is 2.50. The van der Waals surface area contributed by atoms with E-state index >= 15 is 0 Å². The average Bonchev–Trinajstić information content (AvgIpc) is 2.33. The summed E-state index contributed by atoms with van der Waals surface area (Å²) in [5.74, 6) is 0.242. The molecule has 0 amide bonds. The van der Waals surface area contributed by atoms with Crippen LogP contribution in [0.1, 0.15) is 11.1 Å². The van der Waals surface area contributed by atoms with Crippen molar-refractivity contribution in [1.82, 2.24) is 4.98 Å². The molecule has 1 heterocycles. The molecule has 2 rings (SSSR count). The standard InChI is InChI=1S/C14H13NO2/c16-13(8-11-4-3-7-15-10-11)9-12-5-1-2-6-14(12)17/h1-7,10,17H,8-9H2. The van der Waals surface area contributed by atoms with Crippen molar-refractivity contribution in [2.75, 3.05) is 0 Å². The number of para-hydroxylation sites is 1. The monoisotopic (exact) mass is 227 g/mol. The summed E-state index contributed by atoms with van der Waals surface area (Å²) in [6, 6.07) is 10.6. The predicted molar refractivity (Wildman–Crippen MR) is 64.8 cm³/mol. The Morgan fingerprint density at radius 3 is 2.65 bits per heavy atom. The lowest BCUT2D eigenvalue weighted by Gasteiger charge is -2.03. The van der Waals surface area contributed by atoms with Gasteiger partial charge in [0.05, 0.1) is 0 Å². The van der Waals surface area contributed by atoms with Crippen molar-refractivity contribution in [2.24, 2.45) is 0 Å². The van der Waals surface area contributed by atoms with Crippen LogP contribution in [-0.4, -0.2) is 15.9 Å². The molecule has 0 bridgehead atoms. The van der Waals surface area contributed by atoms with E-state index in [1.165, 1.54) is 0 Å². The van der Waals surface area contributed by atoms with Crippen molar-refractivity contribution in [2.45, 2.75) is 12.8 Å². The van der Waals surface area contributed by atoms with Gasteiger partial charge < -0.3 is 5.11 Å². The number of carbonyl (C=O) groups excluding carboxylic acids is 1. The second kappa shape index (κ2) is 5.25. The van der Waals surface area contributed by atoms with Crippen molar-refractivity contribution in [1.29, 1.82) is 0 Å². The summed E-state index contributed by atoms with van der Waals surface area (Å²) in [4.78, 5) is 15.8. The highest BCUT2D eigenvalue weighted by Crippen LogP contribution is 2.16. The Morgan fingerprint density at radius 2 is 1.94 bits per heavy atom. The number of hydrogen-bond acceptors (Lipinski definition) is 3. The van der Waals surface area contributed by atoms with Gasteiger partial charge in [-0.05, 0) is 17.7 Å². The van der Waals surface area contributed by atoms with Gasteiger partial charge in [-0.25, -0.2) is 0 Å². The summed E-state index contributed by atoms with van der Waals surface area (Å²) in [5, 5.41) is 9.56. The number of rotatable bonds is 4. The molecule has 0 spiro atoms. The molecule has 0 aliphatic rings. The van der Waals surface area contributed by atoms with E-state index in [-0.39, 0.29) is 18.0 Å². The first-order valence-electron chi connectivity index (χ1n) is 5.43. The van der Waals surface area contributed by atoms with Crippen molar-refractivity contribution < 1.29 is 9.90 Å². The van der Waals surface area contributed by atoms with Crippen molar-refractivity contribution in [3.63, 3.8) is 0 Å². The van der Waals surface area contributed by atoms with Gasteiger partial charge in [-0.2, -0.15) is 0 Å². The Morgan fingerprint density at radius 1 is 1.12 bits per heavy atom. The minimum atomic E-state index is 0.0690. The smallest absolute Gasteiger partial charge is 0.141 e. The van der Waals surface area contributed by atoms with E-state index < -0.39 is 0 Å². The molecule has 1 aromatic heterocycles. The molecule has 1 aromatic carbocycles. The van der Waals surface area contributed by atoms with Gasteiger partial charge in [-0.1, -0.05) is 24.3 Å². The Hall–Kier alpha value is -2.16. The van der Waals surface area contributed by atoms with Gasteiger partial charge in [0.2, 0.25) is 0 Å². The fraction of sp³-hybridized carbons (Fsp3) is 0.143. The van der Waals surface area contributed by atoms with Crippen LogP contribution in [-0.2, 0) is 17.6 Å². The van der Waals surface area contributed by atoms with Gasteiger partial charge in [0, 0.05) is 30.8 Å². The van der Waals surface area contributed by atoms with Crippen LogP contribution < -0.4 is 0 Å². The fourth-order valence-electron chi connectivity index (χ4n) is 1.67. The average molecular weight is 227 g/mol. The number of phenolic OH excluding ortho intramolecular Hbond substituents is 1. The van der Waals surface area contributed by atoms with E-state index in [1.807, 2.05) is 18.2 Å². The van der Waals surface area contributed by atoms with Gasteiger partial charge in [-0.15, -0.1) is 0 Å². The number of nitrogens with zero attached hydrogens (tertiary/aromatic N) is 1. The van der Waals surface area contributed by atoms with Gasteiger partial charge in [0.25, 0.3) is 0 Å². The molecule has 0 unspecified atom stereocenters. The minimum Gasteiger partial charge on any atom is -0.508 e. The van der Waals surface area contributed by atoms with Crippen molar-refractivity contribution in [3.05, 3.63) is 59.9 Å². The van der Waals surface area contributed by atoms with E-state index in [0.717, 1.165) is 5.56 Å². The minimum absolute atomic E-state index is 0.0690. The fourth-order valence-corrected chi connectivity index (χ4v) is 1.67. The first-order chi connectivity index (χ1) is 8.25. The highest BCUT2D eigenvalue weighted by molar-refractivity contribution is 5.83. The van der Waals surface area contributed by atoms with E-state index in [1.54, 1.807) is 30.6 Å². The molecule has 2 aromatic rings. The van der Waals surface area contributed by atoms with Crippen LogP contribution in [0.15, 0.2) is 48.8 Å². The topological polar surface area (TPSA) is 50.2 Å².